The van der Waals surface area contributed by atoms with Gasteiger partial charge in [-0.25, -0.2) is 14.3 Å². The van der Waals surface area contributed by atoms with E-state index in [1.165, 1.54) is 4.52 Å². The molecule has 3 N–H and O–H groups in total. The number of halogens is 3. The summed E-state index contributed by atoms with van der Waals surface area (Å²) in [5, 5.41) is 18.7. The maximum absolute atomic E-state index is 13.1. The number of piperidine rings is 1. The van der Waals surface area contributed by atoms with Gasteiger partial charge in [0, 0.05) is 18.9 Å². The molecule has 6 rings (SSSR count). The molecule has 11 heteroatoms. The summed E-state index contributed by atoms with van der Waals surface area (Å²) in [7, 11) is 0. The van der Waals surface area contributed by atoms with Crippen molar-refractivity contribution in [2.24, 2.45) is 22.7 Å². The second kappa shape index (κ2) is 6.82. The third-order valence-electron chi connectivity index (χ3n) is 7.29. The van der Waals surface area contributed by atoms with E-state index in [1.54, 1.807) is 18.3 Å². The Bertz CT molecular complexity index is 1080. The van der Waals surface area contributed by atoms with Gasteiger partial charge < -0.3 is 15.7 Å². The number of nitrogens with one attached hydrogen (secondary N) is 2. The van der Waals surface area contributed by atoms with Crippen molar-refractivity contribution in [1.29, 1.82) is 0 Å². The van der Waals surface area contributed by atoms with E-state index in [9.17, 15) is 27.9 Å². The standard InChI is InChI=1S/C21H24F3N5O3/c1-19-8-20(9-19,10-19)16(27-18(31)32)14-7-29-15(26-14)3-2-13(28-29)5-11-4-12(21(22,23)24)6-25-17(11)30/h2-3,7,11-12,16,27H,4-6,8-10H2,1H3,(H,25,30)(H,31,32)/t11?,12-,16?,19?,20?/m1/s1. The fraction of sp³-hybridized carbons (Fsp3) is 0.619. The van der Waals surface area contributed by atoms with E-state index in [0.717, 1.165) is 19.3 Å². The van der Waals surface area contributed by atoms with Gasteiger partial charge in [-0.3, -0.25) is 4.79 Å². The Morgan fingerprint density at radius 1 is 1.38 bits per heavy atom. The van der Waals surface area contributed by atoms with Crippen molar-refractivity contribution >= 4 is 17.6 Å². The maximum atomic E-state index is 13.1. The number of hydrogen-bond donors (Lipinski definition) is 3. The molecule has 4 aliphatic rings. The van der Waals surface area contributed by atoms with Crippen LogP contribution in [-0.2, 0) is 11.2 Å². The summed E-state index contributed by atoms with van der Waals surface area (Å²) in [4.78, 5) is 28.1. The van der Waals surface area contributed by atoms with Crippen LogP contribution in [0, 0.1) is 22.7 Å². The minimum atomic E-state index is -4.35. The molecular weight excluding hydrogens is 427 g/mol. The summed E-state index contributed by atoms with van der Waals surface area (Å²) < 4.78 is 40.8. The van der Waals surface area contributed by atoms with Crippen molar-refractivity contribution in [3.8, 4) is 0 Å². The van der Waals surface area contributed by atoms with Gasteiger partial charge in [-0.15, -0.1) is 0 Å². The maximum Gasteiger partial charge on any atom is 0.405 e. The van der Waals surface area contributed by atoms with Crippen molar-refractivity contribution in [3.05, 3.63) is 29.7 Å². The second-order valence-electron chi connectivity index (χ2n) is 10.00. The largest absolute Gasteiger partial charge is 0.465 e. The Labute approximate surface area is 181 Å². The SMILES string of the molecule is CC12CC(C(NC(=O)O)c3cn4nc(CC5C[C@@H](C(F)(F)F)CNC5=O)ccc4n3)(C1)C2. The first-order valence-corrected chi connectivity index (χ1v) is 10.7. The molecule has 3 aliphatic carbocycles. The Morgan fingerprint density at radius 3 is 2.72 bits per heavy atom. The summed E-state index contributed by atoms with van der Waals surface area (Å²) in [5.74, 6) is -2.78. The molecule has 3 heterocycles. The molecule has 2 aromatic rings. The Balaban J connectivity index is 1.37. The van der Waals surface area contributed by atoms with Crippen molar-refractivity contribution in [2.75, 3.05) is 6.54 Å². The lowest BCUT2D eigenvalue weighted by molar-refractivity contribution is -0.210. The molecular formula is C21H24F3N5O3. The van der Waals surface area contributed by atoms with Crippen molar-refractivity contribution in [3.63, 3.8) is 0 Å². The van der Waals surface area contributed by atoms with Gasteiger partial charge in [0.2, 0.25) is 5.91 Å². The molecule has 2 amide bonds. The number of carbonyl (C=O) groups excluding carboxylic acids is 1. The van der Waals surface area contributed by atoms with E-state index in [0.29, 0.717) is 17.0 Å². The molecule has 0 aromatic carbocycles. The number of alkyl halides is 3. The third kappa shape index (κ3) is 3.47. The number of amides is 2. The molecule has 8 nitrogen and oxygen atoms in total. The minimum absolute atomic E-state index is 0.0843. The molecule has 0 spiro atoms. The summed E-state index contributed by atoms with van der Waals surface area (Å²) in [5.41, 5.74) is 1.73. The van der Waals surface area contributed by atoms with Crippen LogP contribution in [0.25, 0.3) is 5.65 Å². The van der Waals surface area contributed by atoms with E-state index in [-0.39, 0.29) is 23.7 Å². The van der Waals surface area contributed by atoms with Gasteiger partial charge in [-0.2, -0.15) is 18.3 Å². The number of carbonyl (C=O) groups is 2. The van der Waals surface area contributed by atoms with Gasteiger partial charge in [-0.05, 0) is 48.6 Å². The van der Waals surface area contributed by atoms with Gasteiger partial charge in [0.15, 0.2) is 5.65 Å². The number of rotatable bonds is 5. The van der Waals surface area contributed by atoms with Crippen LogP contribution >= 0.6 is 0 Å². The van der Waals surface area contributed by atoms with E-state index in [1.807, 2.05) is 0 Å². The highest BCUT2D eigenvalue weighted by molar-refractivity contribution is 5.79. The van der Waals surface area contributed by atoms with Crippen molar-refractivity contribution in [1.82, 2.24) is 25.2 Å². The lowest BCUT2D eigenvalue weighted by Gasteiger charge is -2.72. The zero-order valence-electron chi connectivity index (χ0n) is 17.4. The molecule has 3 atom stereocenters. The summed E-state index contributed by atoms with van der Waals surface area (Å²) in [6.07, 6.45) is -1.16. The average Bonchev–Trinajstić information content (AvgIpc) is 3.07. The highest BCUT2D eigenvalue weighted by Crippen LogP contribution is 2.77. The molecule has 2 bridgehead atoms. The summed E-state index contributed by atoms with van der Waals surface area (Å²) in [6, 6.07) is 2.90. The van der Waals surface area contributed by atoms with Crippen LogP contribution in [0.5, 0.6) is 0 Å². The Morgan fingerprint density at radius 2 is 2.09 bits per heavy atom. The number of nitrogens with zero attached hydrogens (tertiary/aromatic N) is 3. The average molecular weight is 451 g/mol. The zero-order valence-corrected chi connectivity index (χ0v) is 17.4. The second-order valence-corrected chi connectivity index (χ2v) is 10.00. The van der Waals surface area contributed by atoms with Crippen LogP contribution in [0.3, 0.4) is 0 Å². The van der Waals surface area contributed by atoms with Crippen LogP contribution in [0.15, 0.2) is 18.3 Å². The zero-order chi connectivity index (χ0) is 22.9. The third-order valence-corrected chi connectivity index (χ3v) is 7.29. The molecule has 4 fully saturated rings. The molecule has 1 aliphatic heterocycles. The molecule has 3 saturated carbocycles. The number of carboxylic acid groups (broad SMARTS) is 1. The van der Waals surface area contributed by atoms with Crippen LogP contribution in [0.1, 0.15) is 50.0 Å². The smallest absolute Gasteiger partial charge is 0.405 e. The number of imidazole rings is 1. The van der Waals surface area contributed by atoms with Gasteiger partial charge in [0.25, 0.3) is 0 Å². The van der Waals surface area contributed by atoms with E-state index in [4.69, 9.17) is 0 Å². The summed E-state index contributed by atoms with van der Waals surface area (Å²) in [6.45, 7) is 1.80. The quantitative estimate of drug-likeness (QED) is 0.648. The predicted octanol–water partition coefficient (Wildman–Crippen LogP) is 3.09. The lowest BCUT2D eigenvalue weighted by atomic mass is 9.33. The fourth-order valence-corrected chi connectivity index (χ4v) is 6.13. The number of fused-ring (bicyclic) bond motifs is 1. The number of aromatic nitrogens is 3. The predicted molar refractivity (Wildman–Crippen MR) is 106 cm³/mol. The molecule has 32 heavy (non-hydrogen) atoms. The minimum Gasteiger partial charge on any atom is -0.465 e. The van der Waals surface area contributed by atoms with Crippen LogP contribution in [0.2, 0.25) is 0 Å². The molecule has 2 unspecified atom stereocenters. The van der Waals surface area contributed by atoms with Crippen LogP contribution in [-0.4, -0.2) is 44.4 Å². The fourth-order valence-electron chi connectivity index (χ4n) is 6.13. The first-order valence-electron chi connectivity index (χ1n) is 10.7. The first-order chi connectivity index (χ1) is 15.0. The highest BCUT2D eigenvalue weighted by atomic mass is 19.4. The molecule has 1 saturated heterocycles. The van der Waals surface area contributed by atoms with E-state index >= 15 is 0 Å². The highest BCUT2D eigenvalue weighted by Gasteiger charge is 2.68. The monoisotopic (exact) mass is 451 g/mol. The normalized spacial score (nSPS) is 32.6. The topological polar surface area (TPSA) is 109 Å². The number of hydrogen-bond acceptors (Lipinski definition) is 4. The van der Waals surface area contributed by atoms with Crippen LogP contribution in [0.4, 0.5) is 18.0 Å². The van der Waals surface area contributed by atoms with Crippen molar-refractivity contribution in [2.45, 2.75) is 51.2 Å². The van der Waals surface area contributed by atoms with Crippen molar-refractivity contribution < 1.29 is 27.9 Å². The van der Waals surface area contributed by atoms with Gasteiger partial charge in [0.1, 0.15) is 0 Å². The Hall–Kier alpha value is -2.85. The van der Waals surface area contributed by atoms with Gasteiger partial charge in [-0.1, -0.05) is 6.92 Å². The lowest BCUT2D eigenvalue weighted by Crippen LogP contribution is -2.65. The van der Waals surface area contributed by atoms with Gasteiger partial charge in [0.05, 0.1) is 29.5 Å². The molecule has 0 radical (unpaired) electrons. The van der Waals surface area contributed by atoms with E-state index in [2.05, 4.69) is 27.6 Å². The van der Waals surface area contributed by atoms with Crippen LogP contribution < -0.4 is 10.6 Å². The summed E-state index contributed by atoms with van der Waals surface area (Å²) >= 11 is 0. The Kier molecular flexibility index (Phi) is 4.48. The molecule has 2 aromatic heterocycles. The van der Waals surface area contributed by atoms with E-state index < -0.39 is 42.6 Å². The molecule has 172 valence electrons. The van der Waals surface area contributed by atoms with Gasteiger partial charge >= 0.3 is 12.3 Å². The first kappa shape index (κ1) is 21.0.